The molecule has 0 saturated carbocycles. The number of hydrogen-bond acceptors (Lipinski definition) is 2. The van der Waals surface area contributed by atoms with E-state index in [2.05, 4.69) is 5.32 Å². The molecule has 0 saturated heterocycles. The number of phenolic OH excluding ortho intramolecular Hbond substituents is 1. The minimum Gasteiger partial charge on any atom is -0.508 e. The Hall–Kier alpha value is -2.26. The number of carbonyl (C=O) groups excluding carboxylic acids is 1. The van der Waals surface area contributed by atoms with Crippen molar-refractivity contribution in [2.24, 2.45) is 0 Å². The maximum absolute atomic E-state index is 12.2. The number of amides is 1. The van der Waals surface area contributed by atoms with E-state index in [0.717, 1.165) is 22.4 Å². The van der Waals surface area contributed by atoms with Crippen LogP contribution in [0.15, 0.2) is 42.5 Å². The summed E-state index contributed by atoms with van der Waals surface area (Å²) >= 11 is 6.01. The van der Waals surface area contributed by atoms with Gasteiger partial charge in [0, 0.05) is 16.3 Å². The highest BCUT2D eigenvalue weighted by Crippen LogP contribution is 2.38. The first-order valence-corrected chi connectivity index (χ1v) is 6.55. The second-order valence-electron chi connectivity index (χ2n) is 4.69. The molecule has 1 amide bonds. The Bertz CT molecular complexity index is 750. The van der Waals surface area contributed by atoms with Gasteiger partial charge in [-0.15, -0.1) is 0 Å². The Labute approximate surface area is 121 Å². The summed E-state index contributed by atoms with van der Waals surface area (Å²) in [6.45, 7) is 1.86. The largest absolute Gasteiger partial charge is 0.508 e. The smallest absolute Gasteiger partial charge is 0.256 e. The predicted octanol–water partition coefficient (Wildman–Crippen LogP) is 3.93. The number of phenols is 1. The minimum atomic E-state index is -0.150. The SMILES string of the molecule is CC(=C1C(=O)Nc2ccc(Cl)cc21)c1cccc(O)c1. The van der Waals surface area contributed by atoms with Crippen molar-refractivity contribution in [2.75, 3.05) is 5.32 Å². The highest BCUT2D eigenvalue weighted by atomic mass is 35.5. The topological polar surface area (TPSA) is 49.3 Å². The molecule has 0 aromatic heterocycles. The first kappa shape index (κ1) is 12.8. The van der Waals surface area contributed by atoms with Gasteiger partial charge in [0.1, 0.15) is 5.75 Å². The molecule has 3 nitrogen and oxygen atoms in total. The van der Waals surface area contributed by atoms with Gasteiger partial charge in [0.2, 0.25) is 0 Å². The highest BCUT2D eigenvalue weighted by Gasteiger charge is 2.26. The maximum Gasteiger partial charge on any atom is 0.256 e. The molecule has 0 atom stereocenters. The molecule has 3 rings (SSSR count). The monoisotopic (exact) mass is 285 g/mol. The molecular formula is C16H12ClNO2. The lowest BCUT2D eigenvalue weighted by Gasteiger charge is -2.07. The fourth-order valence-corrected chi connectivity index (χ4v) is 2.57. The summed E-state index contributed by atoms with van der Waals surface area (Å²) in [4.78, 5) is 12.2. The molecular weight excluding hydrogens is 274 g/mol. The van der Waals surface area contributed by atoms with Crippen molar-refractivity contribution < 1.29 is 9.90 Å². The summed E-state index contributed by atoms with van der Waals surface area (Å²) in [7, 11) is 0. The van der Waals surface area contributed by atoms with Crippen molar-refractivity contribution >= 4 is 34.3 Å². The number of hydrogen-bond donors (Lipinski definition) is 2. The van der Waals surface area contributed by atoms with Crippen molar-refractivity contribution in [1.82, 2.24) is 0 Å². The van der Waals surface area contributed by atoms with Gasteiger partial charge in [-0.25, -0.2) is 0 Å². The minimum absolute atomic E-state index is 0.150. The van der Waals surface area contributed by atoms with E-state index in [9.17, 15) is 9.90 Å². The highest BCUT2D eigenvalue weighted by molar-refractivity contribution is 6.38. The second kappa shape index (κ2) is 4.69. The van der Waals surface area contributed by atoms with E-state index in [1.807, 2.05) is 13.0 Å². The number of allylic oxidation sites excluding steroid dienone is 1. The third-order valence-corrected chi connectivity index (χ3v) is 3.62. The van der Waals surface area contributed by atoms with Crippen LogP contribution in [0.2, 0.25) is 5.02 Å². The lowest BCUT2D eigenvalue weighted by molar-refractivity contribution is -0.110. The average molecular weight is 286 g/mol. The fourth-order valence-electron chi connectivity index (χ4n) is 2.40. The summed E-state index contributed by atoms with van der Waals surface area (Å²) < 4.78 is 0. The van der Waals surface area contributed by atoms with Crippen molar-refractivity contribution in [1.29, 1.82) is 0 Å². The molecule has 4 heteroatoms. The third kappa shape index (κ3) is 2.06. The van der Waals surface area contributed by atoms with E-state index in [1.165, 1.54) is 0 Å². The molecule has 100 valence electrons. The number of carbonyl (C=O) groups is 1. The van der Waals surface area contributed by atoms with E-state index in [4.69, 9.17) is 11.6 Å². The van der Waals surface area contributed by atoms with E-state index >= 15 is 0 Å². The Kier molecular flexibility index (Phi) is 2.99. The van der Waals surface area contributed by atoms with Crippen LogP contribution in [0.4, 0.5) is 5.69 Å². The van der Waals surface area contributed by atoms with E-state index in [1.54, 1.807) is 36.4 Å². The van der Waals surface area contributed by atoms with Crippen LogP contribution in [-0.4, -0.2) is 11.0 Å². The lowest BCUT2D eigenvalue weighted by atomic mass is 9.96. The van der Waals surface area contributed by atoms with Crippen molar-refractivity contribution in [3.8, 4) is 5.75 Å². The van der Waals surface area contributed by atoms with Gasteiger partial charge in [-0.3, -0.25) is 4.79 Å². The summed E-state index contributed by atoms with van der Waals surface area (Å²) in [6, 6.07) is 12.2. The first-order chi connectivity index (χ1) is 9.56. The Morgan fingerprint density at radius 2 is 2.00 bits per heavy atom. The Balaban J connectivity index is 2.21. The van der Waals surface area contributed by atoms with Crippen LogP contribution in [0.3, 0.4) is 0 Å². The van der Waals surface area contributed by atoms with E-state index in [0.29, 0.717) is 10.6 Å². The second-order valence-corrected chi connectivity index (χ2v) is 5.13. The van der Waals surface area contributed by atoms with Gasteiger partial charge < -0.3 is 10.4 Å². The summed E-state index contributed by atoms with van der Waals surface area (Å²) in [5.41, 5.74) is 3.76. The molecule has 20 heavy (non-hydrogen) atoms. The van der Waals surface area contributed by atoms with Crippen molar-refractivity contribution in [3.05, 3.63) is 58.6 Å². The molecule has 1 aliphatic heterocycles. The zero-order valence-electron chi connectivity index (χ0n) is 10.8. The average Bonchev–Trinajstić information content (AvgIpc) is 2.73. The Morgan fingerprint density at radius 1 is 1.20 bits per heavy atom. The molecule has 0 fully saturated rings. The first-order valence-electron chi connectivity index (χ1n) is 6.18. The van der Waals surface area contributed by atoms with Gasteiger partial charge >= 0.3 is 0 Å². The van der Waals surface area contributed by atoms with Crippen LogP contribution < -0.4 is 5.32 Å². The molecule has 0 unspecified atom stereocenters. The number of aromatic hydroxyl groups is 1. The van der Waals surface area contributed by atoms with Gasteiger partial charge in [0.15, 0.2) is 0 Å². The Morgan fingerprint density at radius 3 is 2.75 bits per heavy atom. The molecule has 0 spiro atoms. The van der Waals surface area contributed by atoms with E-state index < -0.39 is 0 Å². The van der Waals surface area contributed by atoms with Crippen LogP contribution in [0.1, 0.15) is 18.1 Å². The van der Waals surface area contributed by atoms with E-state index in [-0.39, 0.29) is 11.7 Å². The molecule has 0 bridgehead atoms. The number of halogens is 1. The molecule has 2 aromatic rings. The number of fused-ring (bicyclic) bond motifs is 1. The summed E-state index contributed by atoms with van der Waals surface area (Å²) in [6.07, 6.45) is 0. The number of nitrogens with one attached hydrogen (secondary N) is 1. The van der Waals surface area contributed by atoms with Gasteiger partial charge in [-0.1, -0.05) is 23.7 Å². The summed E-state index contributed by atoms with van der Waals surface area (Å²) in [5, 5.41) is 13.0. The molecule has 2 N–H and O–H groups in total. The van der Waals surface area contributed by atoms with Crippen LogP contribution in [0, 0.1) is 0 Å². The molecule has 2 aromatic carbocycles. The van der Waals surface area contributed by atoms with Gasteiger partial charge in [-0.05, 0) is 48.4 Å². The molecule has 1 heterocycles. The summed E-state index contributed by atoms with van der Waals surface area (Å²) in [5.74, 6) is 0.0234. The molecule has 1 aliphatic rings. The van der Waals surface area contributed by atoms with Crippen LogP contribution in [0.5, 0.6) is 5.75 Å². The standard InChI is InChI=1S/C16H12ClNO2/c1-9(10-3-2-4-12(19)7-10)15-13-8-11(17)5-6-14(13)18-16(15)20/h2-8,19H,1H3,(H,18,20). The van der Waals surface area contributed by atoms with Gasteiger partial charge in [-0.2, -0.15) is 0 Å². The van der Waals surface area contributed by atoms with Crippen LogP contribution in [0.25, 0.3) is 11.1 Å². The van der Waals surface area contributed by atoms with Gasteiger partial charge in [0.05, 0.1) is 5.57 Å². The normalized spacial score (nSPS) is 15.8. The lowest BCUT2D eigenvalue weighted by Crippen LogP contribution is -2.05. The molecule has 0 radical (unpaired) electrons. The van der Waals surface area contributed by atoms with Crippen LogP contribution >= 0.6 is 11.6 Å². The fraction of sp³-hybridized carbons (Fsp3) is 0.0625. The zero-order chi connectivity index (χ0) is 14.3. The predicted molar refractivity (Wildman–Crippen MR) is 80.7 cm³/mol. The zero-order valence-corrected chi connectivity index (χ0v) is 11.5. The van der Waals surface area contributed by atoms with Crippen molar-refractivity contribution in [2.45, 2.75) is 6.92 Å². The third-order valence-electron chi connectivity index (χ3n) is 3.38. The van der Waals surface area contributed by atoms with Crippen molar-refractivity contribution in [3.63, 3.8) is 0 Å². The maximum atomic E-state index is 12.2. The number of benzene rings is 2. The number of rotatable bonds is 1. The van der Waals surface area contributed by atoms with Crippen LogP contribution in [-0.2, 0) is 4.79 Å². The quantitative estimate of drug-likeness (QED) is 0.780. The molecule has 0 aliphatic carbocycles. The number of anilines is 1. The van der Waals surface area contributed by atoms with Gasteiger partial charge in [0.25, 0.3) is 5.91 Å².